The molecule has 0 radical (unpaired) electrons. The molecule has 0 unspecified atom stereocenters. The third-order valence-corrected chi connectivity index (χ3v) is 3.95. The third-order valence-electron chi connectivity index (χ3n) is 1.79. The number of carboxylic acids is 1. The van der Waals surface area contributed by atoms with Gasteiger partial charge < -0.3 is 5.11 Å². The molecule has 0 spiro atoms. The second kappa shape index (κ2) is 4.75. The summed E-state index contributed by atoms with van der Waals surface area (Å²) in [6, 6.07) is 1.30. The molecule has 0 saturated carbocycles. The van der Waals surface area contributed by atoms with Gasteiger partial charge in [0, 0.05) is 0 Å². The molecule has 0 aromatic heterocycles. The summed E-state index contributed by atoms with van der Waals surface area (Å²) in [5.41, 5.74) is -0.615. The zero-order valence-electron chi connectivity index (χ0n) is 7.82. The predicted octanol–water partition coefficient (Wildman–Crippen LogP) is 2.69. The second-order valence-corrected chi connectivity index (χ2v) is 5.57. The van der Waals surface area contributed by atoms with Crippen LogP contribution in [0.4, 0.5) is 8.78 Å². The molecule has 1 aromatic carbocycles. The monoisotopic (exact) mass is 304 g/mol. The number of rotatable bonds is 3. The molecule has 4 nitrogen and oxygen atoms in total. The lowest BCUT2D eigenvalue weighted by molar-refractivity contribution is 0.0696. The van der Waals surface area contributed by atoms with Gasteiger partial charge in [0.15, 0.2) is 0 Å². The molecule has 0 heterocycles. The van der Waals surface area contributed by atoms with Crippen molar-refractivity contribution in [2.24, 2.45) is 0 Å². The average Bonchev–Trinajstić information content (AvgIpc) is 2.15. The van der Waals surface area contributed by atoms with Crippen LogP contribution in [-0.2, 0) is 9.84 Å². The van der Waals surface area contributed by atoms with Crippen molar-refractivity contribution in [2.75, 3.05) is 0 Å². The molecule has 0 aliphatic rings. The minimum absolute atomic E-state index is 0.337. The second-order valence-electron chi connectivity index (χ2n) is 2.87. The van der Waals surface area contributed by atoms with Gasteiger partial charge in [0.25, 0.3) is 0 Å². The van der Waals surface area contributed by atoms with Crippen molar-refractivity contribution in [1.29, 1.82) is 0 Å². The van der Waals surface area contributed by atoms with Crippen molar-refractivity contribution >= 4 is 39.0 Å². The smallest absolute Gasteiger partial charge is 0.341 e. The molecule has 94 valence electrons. The van der Waals surface area contributed by atoms with E-state index in [-0.39, 0.29) is 5.02 Å². The lowest BCUT2D eigenvalue weighted by atomic mass is 10.2. The maximum Gasteiger partial charge on any atom is 0.341 e. The summed E-state index contributed by atoms with van der Waals surface area (Å²) in [4.78, 5) is 9.71. The van der Waals surface area contributed by atoms with E-state index in [9.17, 15) is 22.0 Å². The number of carboxylic acid groups (broad SMARTS) is 1. The Hall–Kier alpha value is -0.920. The van der Waals surface area contributed by atoms with E-state index >= 15 is 0 Å². The summed E-state index contributed by atoms with van der Waals surface area (Å²) < 4.78 is 46.9. The summed E-state index contributed by atoms with van der Waals surface area (Å²) >= 11 is 10.9. The molecule has 1 aromatic rings. The van der Waals surface area contributed by atoms with E-state index in [1.807, 2.05) is 0 Å². The number of hydrogen-bond donors (Lipinski definition) is 1. The molecule has 9 heteroatoms. The molecule has 1 rings (SSSR count). The van der Waals surface area contributed by atoms with Gasteiger partial charge in [0.05, 0.1) is 20.5 Å². The number of benzene rings is 1. The van der Waals surface area contributed by atoms with E-state index in [4.69, 9.17) is 28.3 Å². The maximum atomic E-state index is 12.3. The minimum Gasteiger partial charge on any atom is -0.478 e. The Morgan fingerprint density at radius 1 is 1.24 bits per heavy atom. The van der Waals surface area contributed by atoms with Gasteiger partial charge in [-0.15, -0.1) is 0 Å². The molecular weight excluding hydrogens is 301 g/mol. The Morgan fingerprint density at radius 3 is 2.18 bits per heavy atom. The molecule has 0 aliphatic heterocycles. The van der Waals surface area contributed by atoms with E-state index in [1.165, 1.54) is 0 Å². The molecular formula is C8H4Cl2F2O4S. The topological polar surface area (TPSA) is 71.4 Å². The number of halogens is 4. The molecule has 0 aliphatic carbocycles. The normalized spacial score (nSPS) is 11.8. The zero-order chi connectivity index (χ0) is 13.4. The first kappa shape index (κ1) is 14.1. The highest BCUT2D eigenvalue weighted by molar-refractivity contribution is 7.91. The van der Waals surface area contributed by atoms with E-state index < -0.39 is 37.0 Å². The fraction of sp³-hybridized carbons (Fsp3) is 0.125. The standard InChI is InChI=1S/C8H4Cl2F2O4S/c9-4-2-5(10)6(1-3(4)7(13)14)17(15,16)8(11)12/h1-2,8H,(H,13,14). The molecule has 0 amide bonds. The summed E-state index contributed by atoms with van der Waals surface area (Å²) in [5.74, 6) is -5.24. The Kier molecular flexibility index (Phi) is 3.95. The van der Waals surface area contributed by atoms with Crippen LogP contribution in [0.3, 0.4) is 0 Å². The van der Waals surface area contributed by atoms with Crippen LogP contribution in [0.2, 0.25) is 10.0 Å². The van der Waals surface area contributed by atoms with Gasteiger partial charge in [-0.05, 0) is 12.1 Å². The van der Waals surface area contributed by atoms with Crippen LogP contribution in [0, 0.1) is 0 Å². The molecule has 0 atom stereocenters. The average molecular weight is 305 g/mol. The first-order valence-corrected chi connectivity index (χ1v) is 6.22. The van der Waals surface area contributed by atoms with Gasteiger partial charge in [-0.25, -0.2) is 13.2 Å². The van der Waals surface area contributed by atoms with Crippen LogP contribution in [0.1, 0.15) is 10.4 Å². The number of hydrogen-bond acceptors (Lipinski definition) is 3. The van der Waals surface area contributed by atoms with Crippen LogP contribution in [-0.4, -0.2) is 25.3 Å². The van der Waals surface area contributed by atoms with Crippen LogP contribution in [0.25, 0.3) is 0 Å². The third kappa shape index (κ3) is 2.67. The van der Waals surface area contributed by atoms with E-state index in [0.717, 1.165) is 6.07 Å². The lowest BCUT2D eigenvalue weighted by Gasteiger charge is -2.07. The fourth-order valence-corrected chi connectivity index (χ4v) is 2.60. The fourth-order valence-electron chi connectivity index (χ4n) is 1.01. The minimum atomic E-state index is -4.97. The van der Waals surface area contributed by atoms with Gasteiger partial charge in [-0.1, -0.05) is 23.2 Å². The largest absolute Gasteiger partial charge is 0.478 e. The molecule has 17 heavy (non-hydrogen) atoms. The first-order chi connectivity index (χ1) is 7.67. The predicted molar refractivity (Wildman–Crippen MR) is 56.6 cm³/mol. The highest BCUT2D eigenvalue weighted by atomic mass is 35.5. The summed E-state index contributed by atoms with van der Waals surface area (Å²) in [6.45, 7) is 0. The highest BCUT2D eigenvalue weighted by Crippen LogP contribution is 2.31. The van der Waals surface area contributed by atoms with Crippen molar-refractivity contribution < 1.29 is 27.1 Å². The number of carbonyl (C=O) groups is 1. The summed E-state index contributed by atoms with van der Waals surface area (Å²) in [6.07, 6.45) is 0. The number of alkyl halides is 2. The van der Waals surface area contributed by atoms with Crippen molar-refractivity contribution in [3.8, 4) is 0 Å². The highest BCUT2D eigenvalue weighted by Gasteiger charge is 2.30. The maximum absolute atomic E-state index is 12.3. The van der Waals surface area contributed by atoms with Crippen molar-refractivity contribution in [1.82, 2.24) is 0 Å². The Bertz CT molecular complexity index is 571. The lowest BCUT2D eigenvalue weighted by Crippen LogP contribution is -2.13. The van der Waals surface area contributed by atoms with Gasteiger partial charge in [-0.3, -0.25) is 0 Å². The van der Waals surface area contributed by atoms with Crippen molar-refractivity contribution in [2.45, 2.75) is 10.7 Å². The molecule has 0 saturated heterocycles. The van der Waals surface area contributed by atoms with Gasteiger partial charge >= 0.3 is 11.7 Å². The number of aromatic carboxylic acids is 1. The van der Waals surface area contributed by atoms with Gasteiger partial charge in [0.1, 0.15) is 0 Å². The van der Waals surface area contributed by atoms with Crippen LogP contribution in [0.15, 0.2) is 17.0 Å². The molecule has 0 bridgehead atoms. The summed E-state index contributed by atoms with van der Waals surface area (Å²) in [5, 5.41) is 7.78. The van der Waals surface area contributed by atoms with Gasteiger partial charge in [-0.2, -0.15) is 8.78 Å². The summed E-state index contributed by atoms with van der Waals surface area (Å²) in [7, 11) is -4.97. The quantitative estimate of drug-likeness (QED) is 0.932. The van der Waals surface area contributed by atoms with Crippen LogP contribution in [0.5, 0.6) is 0 Å². The Balaban J connectivity index is 3.57. The number of sulfone groups is 1. The van der Waals surface area contributed by atoms with Gasteiger partial charge in [0.2, 0.25) is 9.84 Å². The van der Waals surface area contributed by atoms with E-state index in [0.29, 0.717) is 6.07 Å². The Labute approximate surface area is 105 Å². The SMILES string of the molecule is O=C(O)c1cc(S(=O)(=O)C(F)F)c(Cl)cc1Cl. The first-order valence-electron chi connectivity index (χ1n) is 3.92. The Morgan fingerprint density at radius 2 is 1.76 bits per heavy atom. The van der Waals surface area contributed by atoms with E-state index in [2.05, 4.69) is 0 Å². The van der Waals surface area contributed by atoms with Crippen LogP contribution >= 0.6 is 23.2 Å². The zero-order valence-corrected chi connectivity index (χ0v) is 10.2. The van der Waals surface area contributed by atoms with E-state index in [1.54, 1.807) is 0 Å². The molecule has 0 fully saturated rings. The van der Waals surface area contributed by atoms with Crippen molar-refractivity contribution in [3.05, 3.63) is 27.7 Å². The van der Waals surface area contributed by atoms with Crippen molar-refractivity contribution in [3.63, 3.8) is 0 Å². The van der Waals surface area contributed by atoms with Crippen LogP contribution < -0.4 is 0 Å². The molecule has 1 N–H and O–H groups in total.